The average Bonchev–Trinajstić information content (AvgIpc) is 3.13. The smallest absolute Gasteiger partial charge is 0.323 e. The van der Waals surface area contributed by atoms with Gasteiger partial charge in [-0.3, -0.25) is 4.79 Å². The topological polar surface area (TPSA) is 96.2 Å². The number of para-hydroxylation sites is 1. The number of carbonyl (C=O) groups is 2. The minimum absolute atomic E-state index is 0. The monoisotopic (exact) mass is 388 g/mol. The zero-order valence-corrected chi connectivity index (χ0v) is 15.8. The van der Waals surface area contributed by atoms with Crippen LogP contribution in [-0.4, -0.2) is 18.5 Å². The third-order valence-corrected chi connectivity index (χ3v) is 4.74. The van der Waals surface area contributed by atoms with Gasteiger partial charge >= 0.3 is 6.03 Å². The Balaban J connectivity index is 0.00000261. The Bertz CT molecular complexity index is 752. The second kappa shape index (κ2) is 9.94. The van der Waals surface area contributed by atoms with Crippen LogP contribution in [0.15, 0.2) is 54.6 Å². The number of hydrogen-bond donors (Lipinski definition) is 4. The van der Waals surface area contributed by atoms with E-state index in [0.29, 0.717) is 17.9 Å². The van der Waals surface area contributed by atoms with E-state index in [0.717, 1.165) is 24.9 Å². The van der Waals surface area contributed by atoms with Gasteiger partial charge in [0.1, 0.15) is 0 Å². The van der Waals surface area contributed by atoms with Crippen molar-refractivity contribution in [2.24, 2.45) is 17.6 Å². The van der Waals surface area contributed by atoms with Crippen molar-refractivity contribution in [1.82, 2.24) is 0 Å². The molecular weight excluding hydrogens is 364 g/mol. The van der Waals surface area contributed by atoms with Crippen LogP contribution in [0.2, 0.25) is 0 Å². The summed E-state index contributed by atoms with van der Waals surface area (Å²) in [5.74, 6) is 0.299. The third kappa shape index (κ3) is 5.70. The molecule has 27 heavy (non-hydrogen) atoms. The van der Waals surface area contributed by atoms with E-state index in [1.807, 2.05) is 30.3 Å². The molecule has 0 saturated heterocycles. The van der Waals surface area contributed by atoms with Gasteiger partial charge in [-0.05, 0) is 61.7 Å². The number of halogens is 1. The highest BCUT2D eigenvalue weighted by Gasteiger charge is 2.31. The number of carbonyl (C=O) groups excluding carboxylic acids is 2. The molecule has 0 spiro atoms. The maximum atomic E-state index is 12.4. The van der Waals surface area contributed by atoms with Crippen molar-refractivity contribution >= 4 is 41.4 Å². The van der Waals surface area contributed by atoms with Gasteiger partial charge in [-0.2, -0.15) is 0 Å². The second-order valence-corrected chi connectivity index (χ2v) is 6.54. The second-order valence-electron chi connectivity index (χ2n) is 6.54. The van der Waals surface area contributed by atoms with E-state index in [2.05, 4.69) is 16.0 Å². The summed E-state index contributed by atoms with van der Waals surface area (Å²) in [4.78, 5) is 24.4. The SMILES string of the molecule is Cl.NC[C@H]1CCC[C@H]1C(=O)Nc1ccc(NC(=O)Nc2ccccc2)cc1. The minimum atomic E-state index is -0.315. The van der Waals surface area contributed by atoms with E-state index in [9.17, 15) is 9.59 Å². The first-order chi connectivity index (χ1) is 12.7. The van der Waals surface area contributed by atoms with Crippen molar-refractivity contribution in [3.8, 4) is 0 Å². The summed E-state index contributed by atoms with van der Waals surface area (Å²) in [7, 11) is 0. The number of nitrogens with one attached hydrogen (secondary N) is 3. The van der Waals surface area contributed by atoms with E-state index in [-0.39, 0.29) is 36.2 Å². The van der Waals surface area contributed by atoms with Crippen LogP contribution in [0.25, 0.3) is 0 Å². The van der Waals surface area contributed by atoms with Gasteiger partial charge in [0.15, 0.2) is 0 Å². The first kappa shape index (κ1) is 20.7. The van der Waals surface area contributed by atoms with Crippen LogP contribution >= 0.6 is 12.4 Å². The Morgan fingerprint density at radius 1 is 0.852 bits per heavy atom. The maximum absolute atomic E-state index is 12.4. The quantitative estimate of drug-likeness (QED) is 0.621. The summed E-state index contributed by atoms with van der Waals surface area (Å²) in [5, 5.41) is 8.46. The fourth-order valence-corrected chi connectivity index (χ4v) is 3.35. The van der Waals surface area contributed by atoms with E-state index in [1.54, 1.807) is 24.3 Å². The molecule has 2 aromatic rings. The van der Waals surface area contributed by atoms with Gasteiger partial charge in [0, 0.05) is 23.0 Å². The lowest BCUT2D eigenvalue weighted by atomic mass is 9.95. The molecule has 0 radical (unpaired) electrons. The number of anilines is 3. The molecule has 6 nitrogen and oxygen atoms in total. The maximum Gasteiger partial charge on any atom is 0.323 e. The number of amides is 3. The van der Waals surface area contributed by atoms with E-state index in [1.165, 1.54) is 0 Å². The molecule has 3 amide bonds. The van der Waals surface area contributed by atoms with Crippen LogP contribution in [0.1, 0.15) is 19.3 Å². The molecular formula is C20H25ClN4O2. The molecule has 1 fully saturated rings. The highest BCUT2D eigenvalue weighted by molar-refractivity contribution is 6.00. The Hall–Kier alpha value is -2.57. The van der Waals surface area contributed by atoms with Crippen LogP contribution in [0, 0.1) is 11.8 Å². The molecule has 7 heteroatoms. The summed E-state index contributed by atoms with van der Waals surface area (Å²) >= 11 is 0. The molecule has 1 aliphatic rings. The molecule has 1 saturated carbocycles. The highest BCUT2D eigenvalue weighted by Crippen LogP contribution is 2.31. The highest BCUT2D eigenvalue weighted by atomic mass is 35.5. The zero-order chi connectivity index (χ0) is 18.4. The van der Waals surface area contributed by atoms with E-state index in [4.69, 9.17) is 5.73 Å². The van der Waals surface area contributed by atoms with Crippen molar-refractivity contribution in [2.75, 3.05) is 22.5 Å². The van der Waals surface area contributed by atoms with Crippen LogP contribution < -0.4 is 21.7 Å². The van der Waals surface area contributed by atoms with Crippen LogP contribution in [-0.2, 0) is 4.79 Å². The number of urea groups is 1. The molecule has 0 heterocycles. The van der Waals surface area contributed by atoms with Crippen molar-refractivity contribution in [2.45, 2.75) is 19.3 Å². The lowest BCUT2D eigenvalue weighted by Gasteiger charge is -2.17. The minimum Gasteiger partial charge on any atom is -0.330 e. The van der Waals surface area contributed by atoms with Crippen LogP contribution in [0.3, 0.4) is 0 Å². The normalized spacial score (nSPS) is 18.3. The van der Waals surface area contributed by atoms with Gasteiger partial charge in [-0.15, -0.1) is 12.4 Å². The van der Waals surface area contributed by atoms with Crippen molar-refractivity contribution in [3.63, 3.8) is 0 Å². The fourth-order valence-electron chi connectivity index (χ4n) is 3.35. The zero-order valence-electron chi connectivity index (χ0n) is 15.0. The van der Waals surface area contributed by atoms with Crippen LogP contribution in [0.4, 0.5) is 21.9 Å². The molecule has 3 rings (SSSR count). The van der Waals surface area contributed by atoms with Gasteiger partial charge in [-0.25, -0.2) is 4.79 Å². The lowest BCUT2D eigenvalue weighted by Crippen LogP contribution is -2.29. The predicted octanol–water partition coefficient (Wildman–Crippen LogP) is 4.07. The summed E-state index contributed by atoms with van der Waals surface area (Å²) in [6.07, 6.45) is 2.97. The Morgan fingerprint density at radius 3 is 2.00 bits per heavy atom. The summed E-state index contributed by atoms with van der Waals surface area (Å²) in [6.45, 7) is 0.553. The molecule has 0 aliphatic heterocycles. The molecule has 1 aliphatic carbocycles. The molecule has 2 atom stereocenters. The summed E-state index contributed by atoms with van der Waals surface area (Å²) < 4.78 is 0. The number of nitrogens with two attached hydrogens (primary N) is 1. The van der Waals surface area contributed by atoms with Crippen molar-refractivity contribution < 1.29 is 9.59 Å². The lowest BCUT2D eigenvalue weighted by molar-refractivity contribution is -0.120. The molecule has 0 aromatic heterocycles. The van der Waals surface area contributed by atoms with Gasteiger partial charge in [0.05, 0.1) is 0 Å². The third-order valence-electron chi connectivity index (χ3n) is 4.74. The number of rotatable bonds is 5. The van der Waals surface area contributed by atoms with Crippen LogP contribution in [0.5, 0.6) is 0 Å². The predicted molar refractivity (Wildman–Crippen MR) is 111 cm³/mol. The Labute approximate surface area is 165 Å². The Morgan fingerprint density at radius 2 is 1.41 bits per heavy atom. The van der Waals surface area contributed by atoms with Crippen molar-refractivity contribution in [1.29, 1.82) is 0 Å². The largest absolute Gasteiger partial charge is 0.330 e. The standard InChI is InChI=1S/C20H24N4O2.ClH/c21-13-14-5-4-8-18(14)19(25)22-16-9-11-17(12-10-16)24-20(26)23-15-6-2-1-3-7-15;/h1-3,6-7,9-12,14,18H,4-5,8,13,21H2,(H,22,25)(H2,23,24,26);1H/t14-,18-;/m1./s1. The van der Waals surface area contributed by atoms with Gasteiger partial charge < -0.3 is 21.7 Å². The van der Waals surface area contributed by atoms with Gasteiger partial charge in [-0.1, -0.05) is 24.6 Å². The fraction of sp³-hybridized carbons (Fsp3) is 0.300. The van der Waals surface area contributed by atoms with E-state index >= 15 is 0 Å². The van der Waals surface area contributed by atoms with Gasteiger partial charge in [0.2, 0.25) is 5.91 Å². The molecule has 144 valence electrons. The first-order valence-corrected chi connectivity index (χ1v) is 8.90. The molecule has 0 unspecified atom stereocenters. The summed E-state index contributed by atoms with van der Waals surface area (Å²) in [5.41, 5.74) is 7.84. The Kier molecular flexibility index (Phi) is 7.64. The van der Waals surface area contributed by atoms with Crippen molar-refractivity contribution in [3.05, 3.63) is 54.6 Å². The number of benzene rings is 2. The molecule has 0 bridgehead atoms. The average molecular weight is 389 g/mol. The summed E-state index contributed by atoms with van der Waals surface area (Å²) in [6, 6.07) is 16.0. The van der Waals surface area contributed by atoms with E-state index < -0.39 is 0 Å². The van der Waals surface area contributed by atoms with Gasteiger partial charge in [0.25, 0.3) is 0 Å². The molecule has 5 N–H and O–H groups in total. The molecule has 2 aromatic carbocycles. The first-order valence-electron chi connectivity index (χ1n) is 8.90. The number of hydrogen-bond acceptors (Lipinski definition) is 3.